The molecule has 0 aliphatic carbocycles. The zero-order valence-corrected chi connectivity index (χ0v) is 11.1. The number of aliphatic carboxylic acids is 1. The number of rotatable bonds is 7. The summed E-state index contributed by atoms with van der Waals surface area (Å²) in [7, 11) is 3.18. The van der Waals surface area contributed by atoms with Crippen LogP contribution in [0.2, 0.25) is 0 Å². The van der Waals surface area contributed by atoms with Crippen molar-refractivity contribution in [3.8, 4) is 5.75 Å². The van der Waals surface area contributed by atoms with Crippen LogP contribution >= 0.6 is 0 Å². The molecule has 4 heteroatoms. The van der Waals surface area contributed by atoms with E-state index in [1.807, 2.05) is 31.2 Å². The lowest BCUT2D eigenvalue weighted by Crippen LogP contribution is -2.26. The molecule has 2 unspecified atom stereocenters. The van der Waals surface area contributed by atoms with E-state index in [0.29, 0.717) is 13.0 Å². The summed E-state index contributed by atoms with van der Waals surface area (Å²) in [6.07, 6.45) is 0.483. The molecule has 1 aromatic rings. The fourth-order valence-electron chi connectivity index (χ4n) is 1.96. The number of hydrogen-bond donors (Lipinski definition) is 1. The lowest BCUT2D eigenvalue weighted by atomic mass is 9.88. The average Bonchev–Trinajstić information content (AvgIpc) is 2.36. The van der Waals surface area contributed by atoms with E-state index in [0.717, 1.165) is 11.3 Å². The van der Waals surface area contributed by atoms with Gasteiger partial charge < -0.3 is 14.6 Å². The first kappa shape index (κ1) is 14.5. The number of hydrogen-bond acceptors (Lipinski definition) is 3. The lowest BCUT2D eigenvalue weighted by Gasteiger charge is -2.19. The molecule has 0 bridgehead atoms. The lowest BCUT2D eigenvalue weighted by molar-refractivity contribution is -0.144. The topological polar surface area (TPSA) is 55.8 Å². The van der Waals surface area contributed by atoms with Gasteiger partial charge in [-0.1, -0.05) is 19.1 Å². The van der Waals surface area contributed by atoms with Gasteiger partial charge in [-0.2, -0.15) is 0 Å². The molecule has 0 aliphatic rings. The number of ether oxygens (including phenoxy) is 2. The Morgan fingerprint density at radius 1 is 1.39 bits per heavy atom. The minimum Gasteiger partial charge on any atom is -0.497 e. The third kappa shape index (κ3) is 4.04. The molecule has 0 amide bonds. The zero-order valence-electron chi connectivity index (χ0n) is 11.1. The third-order valence-electron chi connectivity index (χ3n) is 3.02. The number of methoxy groups -OCH3 is 2. The normalized spacial score (nSPS) is 13.9. The Labute approximate surface area is 108 Å². The highest BCUT2D eigenvalue weighted by molar-refractivity contribution is 5.70. The average molecular weight is 252 g/mol. The molecule has 0 saturated heterocycles. The minimum absolute atomic E-state index is 0.0290. The van der Waals surface area contributed by atoms with E-state index in [1.165, 1.54) is 0 Å². The fraction of sp³-hybridized carbons (Fsp3) is 0.500. The van der Waals surface area contributed by atoms with E-state index in [-0.39, 0.29) is 5.92 Å². The predicted molar refractivity (Wildman–Crippen MR) is 68.9 cm³/mol. The van der Waals surface area contributed by atoms with Crippen molar-refractivity contribution in [3.05, 3.63) is 29.8 Å². The Bertz CT molecular complexity index is 389. The highest BCUT2D eigenvalue weighted by Gasteiger charge is 2.25. The van der Waals surface area contributed by atoms with Crippen LogP contribution in [0.5, 0.6) is 5.75 Å². The molecule has 0 radical (unpaired) electrons. The molecule has 0 spiro atoms. The van der Waals surface area contributed by atoms with Crippen LogP contribution in [-0.2, 0) is 16.0 Å². The van der Waals surface area contributed by atoms with Gasteiger partial charge in [-0.15, -0.1) is 0 Å². The summed E-state index contributed by atoms with van der Waals surface area (Å²) >= 11 is 0. The molecular weight excluding hydrogens is 232 g/mol. The Morgan fingerprint density at radius 2 is 2.11 bits per heavy atom. The maximum Gasteiger partial charge on any atom is 0.307 e. The smallest absolute Gasteiger partial charge is 0.307 e. The second-order valence-corrected chi connectivity index (χ2v) is 4.43. The summed E-state index contributed by atoms with van der Waals surface area (Å²) in [5.74, 6) is -0.519. The maximum atomic E-state index is 11.3. The second kappa shape index (κ2) is 7.01. The van der Waals surface area contributed by atoms with E-state index in [4.69, 9.17) is 9.47 Å². The van der Waals surface area contributed by atoms with Gasteiger partial charge >= 0.3 is 5.97 Å². The van der Waals surface area contributed by atoms with Gasteiger partial charge in [0.2, 0.25) is 0 Å². The van der Waals surface area contributed by atoms with E-state index < -0.39 is 11.9 Å². The fourth-order valence-corrected chi connectivity index (χ4v) is 1.96. The van der Waals surface area contributed by atoms with Gasteiger partial charge in [0.25, 0.3) is 0 Å². The van der Waals surface area contributed by atoms with Gasteiger partial charge in [0.1, 0.15) is 5.75 Å². The molecule has 1 N–H and O–H groups in total. The van der Waals surface area contributed by atoms with Gasteiger partial charge in [0.05, 0.1) is 13.0 Å². The first-order valence-electron chi connectivity index (χ1n) is 5.93. The molecule has 0 aromatic heterocycles. The molecule has 100 valence electrons. The Balaban J connectivity index is 2.79. The largest absolute Gasteiger partial charge is 0.497 e. The standard InChI is InChI=1S/C14H20O4/c1-10(9-17-2)13(14(15)16)8-11-5-4-6-12(7-11)18-3/h4-7,10,13H,8-9H2,1-3H3,(H,15,16). The summed E-state index contributed by atoms with van der Waals surface area (Å²) in [6, 6.07) is 7.50. The van der Waals surface area contributed by atoms with E-state index in [1.54, 1.807) is 14.2 Å². The summed E-state index contributed by atoms with van der Waals surface area (Å²) in [6.45, 7) is 2.34. The van der Waals surface area contributed by atoms with Crippen molar-refractivity contribution < 1.29 is 19.4 Å². The van der Waals surface area contributed by atoms with Crippen LogP contribution in [0.25, 0.3) is 0 Å². The van der Waals surface area contributed by atoms with Crippen LogP contribution in [0.4, 0.5) is 0 Å². The summed E-state index contributed by atoms with van der Waals surface area (Å²) in [4.78, 5) is 11.3. The van der Waals surface area contributed by atoms with Gasteiger partial charge in [-0.3, -0.25) is 4.79 Å². The van der Waals surface area contributed by atoms with Gasteiger partial charge in [0, 0.05) is 13.7 Å². The summed E-state index contributed by atoms with van der Waals surface area (Å²) in [5.41, 5.74) is 0.963. The molecule has 0 saturated carbocycles. The van der Waals surface area contributed by atoms with Crippen molar-refractivity contribution in [3.63, 3.8) is 0 Å². The predicted octanol–water partition coefficient (Wildman–Crippen LogP) is 2.22. The molecule has 4 nitrogen and oxygen atoms in total. The Morgan fingerprint density at radius 3 is 2.67 bits per heavy atom. The van der Waals surface area contributed by atoms with Crippen molar-refractivity contribution >= 4 is 5.97 Å². The van der Waals surface area contributed by atoms with Gasteiger partial charge in [-0.25, -0.2) is 0 Å². The monoisotopic (exact) mass is 252 g/mol. The molecule has 0 fully saturated rings. The van der Waals surface area contributed by atoms with Crippen LogP contribution in [0.15, 0.2) is 24.3 Å². The van der Waals surface area contributed by atoms with Crippen molar-refractivity contribution in [2.24, 2.45) is 11.8 Å². The quantitative estimate of drug-likeness (QED) is 0.808. The number of carboxylic acid groups (broad SMARTS) is 1. The van der Waals surface area contributed by atoms with Gasteiger partial charge in [-0.05, 0) is 30.0 Å². The van der Waals surface area contributed by atoms with Crippen molar-refractivity contribution in [2.75, 3.05) is 20.8 Å². The second-order valence-electron chi connectivity index (χ2n) is 4.43. The third-order valence-corrected chi connectivity index (χ3v) is 3.02. The van der Waals surface area contributed by atoms with Crippen molar-refractivity contribution in [1.82, 2.24) is 0 Å². The highest BCUT2D eigenvalue weighted by atomic mass is 16.5. The summed E-state index contributed by atoms with van der Waals surface area (Å²) < 4.78 is 10.2. The van der Waals surface area contributed by atoms with Gasteiger partial charge in [0.15, 0.2) is 0 Å². The molecule has 0 heterocycles. The van der Waals surface area contributed by atoms with E-state index in [9.17, 15) is 9.90 Å². The number of carboxylic acids is 1. The van der Waals surface area contributed by atoms with Crippen molar-refractivity contribution in [1.29, 1.82) is 0 Å². The van der Waals surface area contributed by atoms with E-state index >= 15 is 0 Å². The van der Waals surface area contributed by atoms with Crippen LogP contribution in [0, 0.1) is 11.8 Å². The van der Waals surface area contributed by atoms with Crippen LogP contribution in [-0.4, -0.2) is 31.9 Å². The molecule has 0 aliphatic heterocycles. The zero-order chi connectivity index (χ0) is 13.5. The molecule has 2 atom stereocenters. The first-order valence-corrected chi connectivity index (χ1v) is 5.93. The Hall–Kier alpha value is -1.55. The molecule has 1 rings (SSSR count). The van der Waals surface area contributed by atoms with Crippen LogP contribution in [0.3, 0.4) is 0 Å². The van der Waals surface area contributed by atoms with Crippen LogP contribution < -0.4 is 4.74 Å². The highest BCUT2D eigenvalue weighted by Crippen LogP contribution is 2.21. The number of benzene rings is 1. The summed E-state index contributed by atoms with van der Waals surface area (Å²) in [5, 5.41) is 9.27. The SMILES string of the molecule is COCC(C)C(Cc1cccc(OC)c1)C(=O)O. The first-order chi connectivity index (χ1) is 8.58. The minimum atomic E-state index is -0.789. The van der Waals surface area contributed by atoms with E-state index in [2.05, 4.69) is 0 Å². The van der Waals surface area contributed by atoms with Crippen LogP contribution in [0.1, 0.15) is 12.5 Å². The van der Waals surface area contributed by atoms with Crippen molar-refractivity contribution in [2.45, 2.75) is 13.3 Å². The Kier molecular flexibility index (Phi) is 5.65. The molecule has 1 aromatic carbocycles. The number of carbonyl (C=O) groups is 1. The molecular formula is C14H20O4. The maximum absolute atomic E-state index is 11.3. The molecule has 18 heavy (non-hydrogen) atoms.